The maximum Gasteiger partial charge on any atom is 0.228 e. The van der Waals surface area contributed by atoms with Gasteiger partial charge in [-0.1, -0.05) is 6.92 Å². The Balaban J connectivity index is 2.26. The maximum atomic E-state index is 12.2. The molecule has 100 valence electrons. The highest BCUT2D eigenvalue weighted by Crippen LogP contribution is 2.27. The van der Waals surface area contributed by atoms with Crippen molar-refractivity contribution in [3.63, 3.8) is 0 Å². The van der Waals surface area contributed by atoms with Gasteiger partial charge >= 0.3 is 0 Å². The molecule has 19 heavy (non-hydrogen) atoms. The van der Waals surface area contributed by atoms with Crippen molar-refractivity contribution in [1.29, 1.82) is 0 Å². The number of aryl methyl sites for hydroxylation is 1. The zero-order chi connectivity index (χ0) is 13.8. The van der Waals surface area contributed by atoms with Gasteiger partial charge in [-0.05, 0) is 53.2 Å². The molecule has 2 rings (SSSR count). The Labute approximate surface area is 120 Å². The molecule has 2 aromatic rings. The first kappa shape index (κ1) is 13.9. The summed E-state index contributed by atoms with van der Waals surface area (Å²) in [5.74, 6) is 1.79. The fraction of sp³-hybridized carbons (Fsp3) is 0.267. The number of hydrogen-bond acceptors (Lipinski definition) is 3. The second-order valence-corrected chi connectivity index (χ2v) is 4.88. The monoisotopic (exact) mass is 322 g/mol. The van der Waals surface area contributed by atoms with E-state index in [0.29, 0.717) is 17.9 Å². The van der Waals surface area contributed by atoms with Crippen LogP contribution in [0.4, 0.5) is 0 Å². The number of carbonyl (C=O) groups excluding carboxylic acids is 1. The van der Waals surface area contributed by atoms with Crippen LogP contribution in [-0.4, -0.2) is 12.4 Å². The van der Waals surface area contributed by atoms with Gasteiger partial charge in [0.15, 0.2) is 5.76 Å². The summed E-state index contributed by atoms with van der Waals surface area (Å²) >= 11 is 3.40. The molecule has 0 amide bonds. The van der Waals surface area contributed by atoms with Gasteiger partial charge in [-0.15, -0.1) is 0 Å². The largest absolute Gasteiger partial charge is 0.493 e. The molecule has 0 unspecified atom stereocenters. The molecule has 0 bridgehead atoms. The standard InChI is InChI=1S/C15H15BrO3/c1-3-11-6-8-14(19-11)15(17)10-5-7-13(18-4-2)12(16)9-10/h5-9H,3-4H2,1-2H3. The van der Waals surface area contributed by atoms with Crippen LogP contribution in [-0.2, 0) is 6.42 Å². The summed E-state index contributed by atoms with van der Waals surface area (Å²) in [6.45, 7) is 4.49. The second kappa shape index (κ2) is 6.06. The zero-order valence-corrected chi connectivity index (χ0v) is 12.5. The lowest BCUT2D eigenvalue weighted by molar-refractivity contribution is 0.101. The van der Waals surface area contributed by atoms with Gasteiger partial charge in [0.2, 0.25) is 5.78 Å². The summed E-state index contributed by atoms with van der Waals surface area (Å²) in [5.41, 5.74) is 0.576. The molecule has 0 atom stereocenters. The van der Waals surface area contributed by atoms with E-state index in [1.807, 2.05) is 19.9 Å². The van der Waals surface area contributed by atoms with Gasteiger partial charge in [-0.3, -0.25) is 4.79 Å². The summed E-state index contributed by atoms with van der Waals surface area (Å²) in [6, 6.07) is 8.82. The topological polar surface area (TPSA) is 39.4 Å². The molecule has 0 aliphatic rings. The molecular formula is C15H15BrO3. The van der Waals surface area contributed by atoms with Gasteiger partial charge in [0.25, 0.3) is 0 Å². The minimum atomic E-state index is -0.122. The van der Waals surface area contributed by atoms with Crippen LogP contribution in [0.3, 0.4) is 0 Å². The highest BCUT2D eigenvalue weighted by Gasteiger charge is 2.15. The Hall–Kier alpha value is -1.55. The zero-order valence-electron chi connectivity index (χ0n) is 10.9. The summed E-state index contributed by atoms with van der Waals surface area (Å²) < 4.78 is 11.7. The molecule has 1 aromatic heterocycles. The van der Waals surface area contributed by atoms with Crippen molar-refractivity contribution >= 4 is 21.7 Å². The normalized spacial score (nSPS) is 10.5. The molecule has 3 nitrogen and oxygen atoms in total. The summed E-state index contributed by atoms with van der Waals surface area (Å²) in [5, 5.41) is 0. The van der Waals surface area contributed by atoms with Crippen LogP contribution in [0, 0.1) is 0 Å². The Morgan fingerprint density at radius 1 is 1.26 bits per heavy atom. The Morgan fingerprint density at radius 3 is 2.63 bits per heavy atom. The Morgan fingerprint density at radius 2 is 2.05 bits per heavy atom. The molecule has 0 radical (unpaired) electrons. The minimum absolute atomic E-state index is 0.122. The van der Waals surface area contributed by atoms with Gasteiger partial charge in [0, 0.05) is 12.0 Å². The van der Waals surface area contributed by atoms with E-state index in [2.05, 4.69) is 15.9 Å². The van der Waals surface area contributed by atoms with Crippen LogP contribution in [0.1, 0.15) is 35.7 Å². The number of hydrogen-bond donors (Lipinski definition) is 0. The van der Waals surface area contributed by atoms with Crippen LogP contribution in [0.5, 0.6) is 5.75 Å². The fourth-order valence-electron chi connectivity index (χ4n) is 1.75. The second-order valence-electron chi connectivity index (χ2n) is 4.03. The lowest BCUT2D eigenvalue weighted by Gasteiger charge is -2.06. The molecule has 0 saturated heterocycles. The van der Waals surface area contributed by atoms with Crippen molar-refractivity contribution in [2.75, 3.05) is 6.61 Å². The van der Waals surface area contributed by atoms with Gasteiger partial charge < -0.3 is 9.15 Å². The summed E-state index contributed by atoms with van der Waals surface area (Å²) in [4.78, 5) is 12.2. The van der Waals surface area contributed by atoms with E-state index in [0.717, 1.165) is 22.4 Å². The number of ketones is 1. The molecule has 0 spiro atoms. The van der Waals surface area contributed by atoms with E-state index in [1.165, 1.54) is 0 Å². The van der Waals surface area contributed by atoms with Crippen molar-refractivity contribution in [3.8, 4) is 5.75 Å². The van der Waals surface area contributed by atoms with Gasteiger partial charge in [0.1, 0.15) is 11.5 Å². The van der Waals surface area contributed by atoms with Crippen molar-refractivity contribution in [2.24, 2.45) is 0 Å². The van der Waals surface area contributed by atoms with Crippen LogP contribution in [0.2, 0.25) is 0 Å². The molecule has 4 heteroatoms. The van der Waals surface area contributed by atoms with Crippen LogP contribution in [0.25, 0.3) is 0 Å². The summed E-state index contributed by atoms with van der Waals surface area (Å²) in [6.07, 6.45) is 0.778. The third-order valence-electron chi connectivity index (χ3n) is 2.73. The first-order valence-corrected chi connectivity index (χ1v) is 7.00. The number of ether oxygens (including phenoxy) is 1. The third kappa shape index (κ3) is 3.07. The van der Waals surface area contributed by atoms with Crippen molar-refractivity contribution in [1.82, 2.24) is 0 Å². The molecule has 0 N–H and O–H groups in total. The maximum absolute atomic E-state index is 12.2. The number of halogens is 1. The number of furan rings is 1. The van der Waals surface area contributed by atoms with Gasteiger partial charge in [-0.25, -0.2) is 0 Å². The van der Waals surface area contributed by atoms with Gasteiger partial charge in [-0.2, -0.15) is 0 Å². The number of rotatable bonds is 5. The molecular weight excluding hydrogens is 308 g/mol. The summed E-state index contributed by atoms with van der Waals surface area (Å²) in [7, 11) is 0. The highest BCUT2D eigenvalue weighted by molar-refractivity contribution is 9.10. The predicted molar refractivity (Wildman–Crippen MR) is 76.8 cm³/mol. The van der Waals surface area contributed by atoms with Crippen molar-refractivity contribution < 1.29 is 13.9 Å². The van der Waals surface area contributed by atoms with Crippen LogP contribution < -0.4 is 4.74 Å². The molecule has 1 heterocycles. The number of carbonyl (C=O) groups is 1. The first-order chi connectivity index (χ1) is 9.15. The molecule has 0 fully saturated rings. The average molecular weight is 323 g/mol. The average Bonchev–Trinajstić information content (AvgIpc) is 2.89. The molecule has 0 aliphatic carbocycles. The lowest BCUT2D eigenvalue weighted by atomic mass is 10.1. The lowest BCUT2D eigenvalue weighted by Crippen LogP contribution is -2.00. The molecule has 0 aliphatic heterocycles. The molecule has 1 aromatic carbocycles. The number of benzene rings is 1. The van der Waals surface area contributed by atoms with E-state index in [9.17, 15) is 4.79 Å². The van der Waals surface area contributed by atoms with Crippen molar-refractivity contribution in [2.45, 2.75) is 20.3 Å². The van der Waals surface area contributed by atoms with Crippen molar-refractivity contribution in [3.05, 3.63) is 51.9 Å². The fourth-order valence-corrected chi connectivity index (χ4v) is 2.24. The van der Waals surface area contributed by atoms with Crippen LogP contribution >= 0.6 is 15.9 Å². The van der Waals surface area contributed by atoms with E-state index < -0.39 is 0 Å². The minimum Gasteiger partial charge on any atom is -0.493 e. The van der Waals surface area contributed by atoms with Gasteiger partial charge in [0.05, 0.1) is 11.1 Å². The van der Waals surface area contributed by atoms with E-state index >= 15 is 0 Å². The SMILES string of the molecule is CCOc1ccc(C(=O)c2ccc(CC)o2)cc1Br. The Kier molecular flexibility index (Phi) is 4.43. The highest BCUT2D eigenvalue weighted by atomic mass is 79.9. The van der Waals surface area contributed by atoms with Crippen LogP contribution in [0.15, 0.2) is 39.2 Å². The Bertz CT molecular complexity index is 587. The molecule has 0 saturated carbocycles. The first-order valence-electron chi connectivity index (χ1n) is 6.21. The smallest absolute Gasteiger partial charge is 0.228 e. The quantitative estimate of drug-likeness (QED) is 0.773. The van der Waals surface area contributed by atoms with E-state index in [-0.39, 0.29) is 5.78 Å². The van der Waals surface area contributed by atoms with E-state index in [1.54, 1.807) is 24.3 Å². The van der Waals surface area contributed by atoms with E-state index in [4.69, 9.17) is 9.15 Å². The third-order valence-corrected chi connectivity index (χ3v) is 3.35. The predicted octanol–water partition coefficient (Wildman–Crippen LogP) is 4.23.